The van der Waals surface area contributed by atoms with Crippen molar-refractivity contribution in [1.29, 1.82) is 0 Å². The Balaban J connectivity index is 2.27. The van der Waals surface area contributed by atoms with Gasteiger partial charge in [-0.3, -0.25) is 0 Å². The zero-order valence-electron chi connectivity index (χ0n) is 11.5. The van der Waals surface area contributed by atoms with E-state index in [4.69, 9.17) is 10.6 Å². The van der Waals surface area contributed by atoms with E-state index >= 15 is 0 Å². The standard InChI is InChI=1S/C14H17BrN4O/c1-3-4-12-17-13(19-16)8-14(18-12)20-10-5-6-11(15)9(2)7-10/h5-8H,3-4,16H2,1-2H3,(H,17,18,19). The number of nitrogens with two attached hydrogens (primary N) is 1. The molecule has 0 saturated carbocycles. The minimum absolute atomic E-state index is 0.484. The number of nitrogens with one attached hydrogen (secondary N) is 1. The van der Waals surface area contributed by atoms with Crippen molar-refractivity contribution in [3.05, 3.63) is 40.1 Å². The van der Waals surface area contributed by atoms with Crippen molar-refractivity contribution in [2.75, 3.05) is 5.43 Å². The van der Waals surface area contributed by atoms with Crippen molar-refractivity contribution < 1.29 is 4.74 Å². The molecule has 0 aliphatic carbocycles. The van der Waals surface area contributed by atoms with Gasteiger partial charge in [0, 0.05) is 17.0 Å². The molecular formula is C14H17BrN4O. The second-order valence-electron chi connectivity index (χ2n) is 4.42. The topological polar surface area (TPSA) is 73.1 Å². The minimum Gasteiger partial charge on any atom is -0.439 e. The van der Waals surface area contributed by atoms with Gasteiger partial charge in [-0.2, -0.15) is 4.98 Å². The molecule has 0 bridgehead atoms. The van der Waals surface area contributed by atoms with Crippen molar-refractivity contribution in [2.45, 2.75) is 26.7 Å². The lowest BCUT2D eigenvalue weighted by molar-refractivity contribution is 0.458. The van der Waals surface area contributed by atoms with E-state index in [-0.39, 0.29) is 0 Å². The van der Waals surface area contributed by atoms with E-state index in [1.165, 1.54) is 0 Å². The van der Waals surface area contributed by atoms with E-state index in [9.17, 15) is 0 Å². The van der Waals surface area contributed by atoms with E-state index in [2.05, 4.69) is 38.2 Å². The van der Waals surface area contributed by atoms with Gasteiger partial charge >= 0.3 is 0 Å². The fourth-order valence-corrected chi connectivity index (χ4v) is 1.98. The molecule has 2 rings (SSSR count). The first-order valence-corrected chi connectivity index (χ1v) is 7.20. The Morgan fingerprint density at radius 3 is 2.75 bits per heavy atom. The van der Waals surface area contributed by atoms with Gasteiger partial charge in [0.2, 0.25) is 5.88 Å². The van der Waals surface area contributed by atoms with Gasteiger partial charge in [-0.05, 0) is 37.1 Å². The molecule has 2 aromatic rings. The zero-order chi connectivity index (χ0) is 14.5. The Labute approximate surface area is 126 Å². The van der Waals surface area contributed by atoms with Crippen LogP contribution in [0.5, 0.6) is 11.6 Å². The number of aryl methyl sites for hydroxylation is 2. The molecule has 0 spiro atoms. The fourth-order valence-electron chi connectivity index (χ4n) is 1.74. The summed E-state index contributed by atoms with van der Waals surface area (Å²) in [6.45, 7) is 4.08. The molecule has 0 radical (unpaired) electrons. The smallest absolute Gasteiger partial charge is 0.224 e. The molecule has 0 saturated heterocycles. The quantitative estimate of drug-likeness (QED) is 0.644. The first-order chi connectivity index (χ1) is 9.62. The van der Waals surface area contributed by atoms with Crippen molar-refractivity contribution in [1.82, 2.24) is 9.97 Å². The predicted octanol–water partition coefficient (Wildman–Crippen LogP) is 3.58. The number of rotatable bonds is 5. The van der Waals surface area contributed by atoms with Crippen LogP contribution in [0.25, 0.3) is 0 Å². The summed E-state index contributed by atoms with van der Waals surface area (Å²) in [6.07, 6.45) is 1.75. The summed E-state index contributed by atoms with van der Waals surface area (Å²) in [5, 5.41) is 0. The van der Waals surface area contributed by atoms with Crippen LogP contribution < -0.4 is 16.0 Å². The minimum atomic E-state index is 0.484. The van der Waals surface area contributed by atoms with E-state index in [1.807, 2.05) is 25.1 Å². The second kappa shape index (κ2) is 6.67. The number of halogens is 1. The fraction of sp³-hybridized carbons (Fsp3) is 0.286. The maximum absolute atomic E-state index is 5.78. The summed E-state index contributed by atoms with van der Waals surface area (Å²) >= 11 is 3.46. The van der Waals surface area contributed by atoms with E-state index < -0.39 is 0 Å². The lowest BCUT2D eigenvalue weighted by Crippen LogP contribution is -2.10. The Kier molecular flexibility index (Phi) is 4.92. The SMILES string of the molecule is CCCc1nc(NN)cc(Oc2ccc(Br)c(C)c2)n1. The summed E-state index contributed by atoms with van der Waals surface area (Å²) in [6, 6.07) is 7.45. The summed E-state index contributed by atoms with van der Waals surface area (Å²) in [5.74, 6) is 7.90. The average Bonchev–Trinajstić information content (AvgIpc) is 2.43. The monoisotopic (exact) mass is 336 g/mol. The molecule has 20 heavy (non-hydrogen) atoms. The molecule has 0 aliphatic heterocycles. The van der Waals surface area contributed by atoms with Crippen LogP contribution in [-0.4, -0.2) is 9.97 Å². The molecule has 1 heterocycles. The molecule has 6 heteroatoms. The highest BCUT2D eigenvalue weighted by atomic mass is 79.9. The lowest BCUT2D eigenvalue weighted by atomic mass is 10.2. The molecule has 3 N–H and O–H groups in total. The number of ether oxygens (including phenoxy) is 1. The van der Waals surface area contributed by atoms with Crippen LogP contribution in [0.15, 0.2) is 28.7 Å². The van der Waals surface area contributed by atoms with Crippen LogP contribution in [0.1, 0.15) is 24.7 Å². The molecule has 5 nitrogen and oxygen atoms in total. The Hall–Kier alpha value is -1.66. The highest BCUT2D eigenvalue weighted by molar-refractivity contribution is 9.10. The van der Waals surface area contributed by atoms with Crippen molar-refractivity contribution in [3.63, 3.8) is 0 Å². The molecule has 0 aliphatic rings. The Bertz CT molecular complexity index is 604. The van der Waals surface area contributed by atoms with Crippen molar-refractivity contribution in [3.8, 4) is 11.6 Å². The molecule has 0 atom stereocenters. The van der Waals surface area contributed by atoms with Crippen LogP contribution >= 0.6 is 15.9 Å². The number of hydrogen-bond acceptors (Lipinski definition) is 5. The van der Waals surface area contributed by atoms with Crippen molar-refractivity contribution in [2.24, 2.45) is 5.84 Å². The normalized spacial score (nSPS) is 10.4. The Morgan fingerprint density at radius 2 is 2.10 bits per heavy atom. The van der Waals surface area contributed by atoms with E-state index in [1.54, 1.807) is 6.07 Å². The molecule has 106 valence electrons. The van der Waals surface area contributed by atoms with Gasteiger partial charge in [-0.1, -0.05) is 22.9 Å². The molecule has 0 fully saturated rings. The van der Waals surface area contributed by atoms with Gasteiger partial charge in [0.1, 0.15) is 17.4 Å². The first kappa shape index (κ1) is 14.7. The molecule has 0 unspecified atom stereocenters. The molecule has 1 aromatic heterocycles. The van der Waals surface area contributed by atoms with Gasteiger partial charge in [-0.15, -0.1) is 0 Å². The van der Waals surface area contributed by atoms with Crippen molar-refractivity contribution >= 4 is 21.7 Å². The Morgan fingerprint density at radius 1 is 1.30 bits per heavy atom. The zero-order valence-corrected chi connectivity index (χ0v) is 13.1. The van der Waals surface area contributed by atoms with Gasteiger partial charge in [0.25, 0.3) is 0 Å². The number of hydrogen-bond donors (Lipinski definition) is 2. The van der Waals surface area contributed by atoms with Crippen LogP contribution in [0.3, 0.4) is 0 Å². The van der Waals surface area contributed by atoms with E-state index in [0.717, 1.165) is 28.6 Å². The van der Waals surface area contributed by atoms with Gasteiger partial charge in [-0.25, -0.2) is 10.8 Å². The summed E-state index contributed by atoms with van der Waals surface area (Å²) in [4.78, 5) is 8.66. The van der Waals surface area contributed by atoms with Gasteiger partial charge in [0.05, 0.1) is 0 Å². The third-order valence-electron chi connectivity index (χ3n) is 2.72. The maximum atomic E-state index is 5.78. The number of benzene rings is 1. The van der Waals surface area contributed by atoms with Gasteiger partial charge < -0.3 is 10.2 Å². The predicted molar refractivity (Wildman–Crippen MR) is 82.8 cm³/mol. The summed E-state index contributed by atoms with van der Waals surface area (Å²) in [7, 11) is 0. The summed E-state index contributed by atoms with van der Waals surface area (Å²) < 4.78 is 6.82. The van der Waals surface area contributed by atoms with Crippen LogP contribution in [-0.2, 0) is 6.42 Å². The molecule has 1 aromatic carbocycles. The van der Waals surface area contributed by atoms with Crippen LogP contribution in [0.2, 0.25) is 0 Å². The highest BCUT2D eigenvalue weighted by Crippen LogP contribution is 2.26. The first-order valence-electron chi connectivity index (χ1n) is 6.41. The van der Waals surface area contributed by atoms with Crippen LogP contribution in [0.4, 0.5) is 5.82 Å². The number of aromatic nitrogens is 2. The van der Waals surface area contributed by atoms with Gasteiger partial charge in [0.15, 0.2) is 0 Å². The largest absolute Gasteiger partial charge is 0.439 e. The molecular weight excluding hydrogens is 320 g/mol. The third kappa shape index (κ3) is 3.68. The third-order valence-corrected chi connectivity index (χ3v) is 3.61. The number of nitrogens with zero attached hydrogens (tertiary/aromatic N) is 2. The number of anilines is 1. The number of nitrogen functional groups attached to an aromatic ring is 1. The average molecular weight is 337 g/mol. The lowest BCUT2D eigenvalue weighted by Gasteiger charge is -2.09. The molecule has 0 amide bonds. The maximum Gasteiger partial charge on any atom is 0.224 e. The summed E-state index contributed by atoms with van der Waals surface area (Å²) in [5.41, 5.74) is 3.63. The second-order valence-corrected chi connectivity index (χ2v) is 5.27. The van der Waals surface area contributed by atoms with Crippen LogP contribution in [0, 0.1) is 6.92 Å². The van der Waals surface area contributed by atoms with E-state index in [0.29, 0.717) is 17.5 Å². The highest BCUT2D eigenvalue weighted by Gasteiger charge is 2.06. The number of hydrazine groups is 1.